The van der Waals surface area contributed by atoms with E-state index in [0.29, 0.717) is 78.0 Å². The number of hydrogen-bond donors (Lipinski definition) is 0. The fourth-order valence-electron chi connectivity index (χ4n) is 5.82. The Bertz CT molecular complexity index is 892. The third-order valence-electron chi connectivity index (χ3n) is 7.99. The molecule has 0 radical (unpaired) electrons. The van der Waals surface area contributed by atoms with Gasteiger partial charge in [0.05, 0.1) is 0 Å². The molecule has 41 heavy (non-hydrogen) atoms. The highest BCUT2D eigenvalue weighted by atomic mass is 35.7. The van der Waals surface area contributed by atoms with Gasteiger partial charge in [-0.05, 0) is 25.7 Å². The van der Waals surface area contributed by atoms with Crippen LogP contribution in [0.15, 0.2) is 0 Å². The summed E-state index contributed by atoms with van der Waals surface area (Å²) in [7, 11) is 0. The average molecular weight is 643 g/mol. The van der Waals surface area contributed by atoms with E-state index in [-0.39, 0.29) is 38.3 Å². The quantitative estimate of drug-likeness (QED) is 0.321. The Labute approximate surface area is 238 Å². The zero-order valence-corrected chi connectivity index (χ0v) is 23.9. The number of carbonyl (C=O) groups excluding carboxylic acids is 2. The number of nitrogens with zero attached hydrogens (tertiary/aromatic N) is 6. The van der Waals surface area contributed by atoms with Crippen molar-refractivity contribution in [3.63, 3.8) is 0 Å². The molecule has 4 rings (SSSR count). The summed E-state index contributed by atoms with van der Waals surface area (Å²) in [6.45, 7) is -0.405. The maximum atomic E-state index is 12.8. The van der Waals surface area contributed by atoms with Crippen LogP contribution in [-0.4, -0.2) is 145 Å². The molecule has 4 aliphatic rings. The molecule has 11 nitrogen and oxygen atoms in total. The molecule has 4 saturated heterocycles. The van der Waals surface area contributed by atoms with Gasteiger partial charge in [-0.2, -0.15) is 36.5 Å². The Kier molecular flexibility index (Phi) is 10.5. The Hall–Kier alpha value is -1.20. The summed E-state index contributed by atoms with van der Waals surface area (Å²) in [6, 6.07) is 0.0595. The largest absolute Gasteiger partial charge is 0.471 e. The summed E-state index contributed by atoms with van der Waals surface area (Å²) in [5.41, 5.74) is 0. The van der Waals surface area contributed by atoms with Gasteiger partial charge in [-0.3, -0.25) is 19.4 Å². The summed E-state index contributed by atoms with van der Waals surface area (Å²) in [4.78, 5) is 28.8. The van der Waals surface area contributed by atoms with Crippen LogP contribution in [-0.2, 0) is 23.4 Å². The van der Waals surface area contributed by atoms with Gasteiger partial charge in [-0.15, -0.1) is 0 Å². The van der Waals surface area contributed by atoms with Gasteiger partial charge in [-0.1, -0.05) is 0 Å². The smallest absolute Gasteiger partial charge is 0.335 e. The Morgan fingerprint density at radius 1 is 0.585 bits per heavy atom. The van der Waals surface area contributed by atoms with E-state index >= 15 is 0 Å². The zero-order chi connectivity index (χ0) is 30.0. The first-order chi connectivity index (χ1) is 19.1. The molecule has 0 saturated carbocycles. The maximum absolute atomic E-state index is 12.8. The Balaban J connectivity index is 1.13. The number of carbonyl (C=O) groups is 2. The number of halogens is 7. The average Bonchev–Trinajstić information content (AvgIpc) is 2.92. The lowest BCUT2D eigenvalue weighted by Crippen LogP contribution is -2.55. The Morgan fingerprint density at radius 3 is 1.15 bits per heavy atom. The topological polar surface area (TPSA) is 89.1 Å². The van der Waals surface area contributed by atoms with Crippen LogP contribution in [0.3, 0.4) is 0 Å². The summed E-state index contributed by atoms with van der Waals surface area (Å²) >= 11 is 6.08. The highest BCUT2D eigenvalue weighted by Crippen LogP contribution is 2.55. The molecule has 0 aromatic rings. The number of likely N-dealkylation sites (tertiary alicyclic amines) is 2. The van der Waals surface area contributed by atoms with Crippen molar-refractivity contribution in [3.8, 4) is 0 Å². The third kappa shape index (κ3) is 8.91. The Morgan fingerprint density at radius 2 is 0.878 bits per heavy atom. The van der Waals surface area contributed by atoms with Crippen molar-refractivity contribution in [1.82, 2.24) is 29.7 Å². The SMILES string of the molecule is O=C(N1CCC(N2CCN(OP(=O)(Cl)ON3CCN(C4CCN(C(=O)C(F)(F)F)CC4)CC3)CC2)CC1)C(F)(F)F. The highest BCUT2D eigenvalue weighted by Gasteiger charge is 2.45. The molecule has 0 unspecified atom stereocenters. The van der Waals surface area contributed by atoms with E-state index in [2.05, 4.69) is 9.80 Å². The first-order valence-electron chi connectivity index (χ1n) is 13.5. The lowest BCUT2D eigenvalue weighted by Gasteiger charge is -2.43. The van der Waals surface area contributed by atoms with Crippen LogP contribution in [0.1, 0.15) is 25.7 Å². The standard InChI is InChI=1S/C22H34ClF6N6O5P/c23-41(38,39-34-13-9-30(10-14-34)17-1-5-32(6-2-17)19(36)21(24,25)26)40-35-15-11-31(12-16-35)18-3-7-33(8-4-18)20(37)22(27,28)29/h17-18H,1-16H2. The van der Waals surface area contributed by atoms with Crippen LogP contribution >= 0.6 is 18.2 Å². The van der Waals surface area contributed by atoms with Gasteiger partial charge in [0.15, 0.2) is 0 Å². The van der Waals surface area contributed by atoms with Crippen molar-refractivity contribution in [2.24, 2.45) is 0 Å². The molecule has 4 aliphatic heterocycles. The van der Waals surface area contributed by atoms with Gasteiger partial charge in [-0.25, -0.2) is 13.8 Å². The monoisotopic (exact) mass is 642 g/mol. The predicted molar refractivity (Wildman–Crippen MR) is 133 cm³/mol. The van der Waals surface area contributed by atoms with Crippen molar-refractivity contribution >= 4 is 30.0 Å². The highest BCUT2D eigenvalue weighted by molar-refractivity contribution is 7.81. The summed E-state index contributed by atoms with van der Waals surface area (Å²) in [6.07, 6.45) is -8.03. The molecular formula is C22H34ClF6N6O5P. The number of alkyl halides is 6. The van der Waals surface area contributed by atoms with Gasteiger partial charge in [0, 0.05) is 102 Å². The van der Waals surface area contributed by atoms with Crippen molar-refractivity contribution in [3.05, 3.63) is 0 Å². The molecule has 4 fully saturated rings. The number of rotatable bonds is 6. The van der Waals surface area contributed by atoms with Crippen LogP contribution in [0.5, 0.6) is 0 Å². The number of amides is 2. The van der Waals surface area contributed by atoms with Gasteiger partial charge in [0.2, 0.25) is 0 Å². The maximum Gasteiger partial charge on any atom is 0.471 e. The van der Waals surface area contributed by atoms with Crippen molar-refractivity contribution < 1.29 is 49.7 Å². The fraction of sp³-hybridized carbons (Fsp3) is 0.909. The van der Waals surface area contributed by atoms with Crippen molar-refractivity contribution in [1.29, 1.82) is 0 Å². The molecule has 4 heterocycles. The number of hydroxylamine groups is 4. The molecule has 0 aromatic carbocycles. The van der Waals surface area contributed by atoms with Crippen molar-refractivity contribution in [2.75, 3.05) is 78.5 Å². The summed E-state index contributed by atoms with van der Waals surface area (Å²) in [5, 5.41) is 2.89. The van der Waals surface area contributed by atoms with E-state index < -0.39 is 31.1 Å². The third-order valence-corrected chi connectivity index (χ3v) is 9.22. The predicted octanol–water partition coefficient (Wildman–Crippen LogP) is 2.54. The number of piperazine rings is 2. The first kappa shape index (κ1) is 32.7. The molecule has 0 bridgehead atoms. The second kappa shape index (κ2) is 13.2. The van der Waals surface area contributed by atoms with E-state index in [1.54, 1.807) is 0 Å². The van der Waals surface area contributed by atoms with E-state index in [1.807, 2.05) is 0 Å². The molecule has 0 aromatic heterocycles. The molecule has 0 aliphatic carbocycles. The molecule has 0 atom stereocenters. The minimum atomic E-state index is -4.87. The second-order valence-electron chi connectivity index (χ2n) is 10.6. The number of piperidine rings is 2. The minimum absolute atomic E-state index is 0.0298. The fourth-order valence-corrected chi connectivity index (χ4v) is 7.25. The van der Waals surface area contributed by atoms with E-state index in [4.69, 9.17) is 20.5 Å². The molecule has 0 spiro atoms. The van der Waals surface area contributed by atoms with E-state index in [9.17, 15) is 40.5 Å². The normalized spacial score (nSPS) is 24.7. The lowest BCUT2D eigenvalue weighted by molar-refractivity contribution is -0.187. The number of hydrogen-bond acceptors (Lipinski definition) is 9. The molecular weight excluding hydrogens is 609 g/mol. The summed E-state index contributed by atoms with van der Waals surface area (Å²) < 4.78 is 99.7. The van der Waals surface area contributed by atoms with Gasteiger partial charge in [0.25, 0.3) is 0 Å². The van der Waals surface area contributed by atoms with E-state index in [1.165, 1.54) is 10.1 Å². The van der Waals surface area contributed by atoms with Crippen molar-refractivity contribution in [2.45, 2.75) is 50.1 Å². The summed E-state index contributed by atoms with van der Waals surface area (Å²) in [5.74, 6) is -3.62. The molecule has 19 heteroatoms. The van der Waals surface area contributed by atoms with Crippen LogP contribution in [0.4, 0.5) is 26.3 Å². The first-order valence-corrected chi connectivity index (χ1v) is 16.0. The lowest BCUT2D eigenvalue weighted by atomic mass is 10.0. The molecule has 236 valence electrons. The minimum Gasteiger partial charge on any atom is -0.335 e. The van der Waals surface area contributed by atoms with Gasteiger partial charge in [0.1, 0.15) is 0 Å². The van der Waals surface area contributed by atoms with Crippen LogP contribution in [0.25, 0.3) is 0 Å². The zero-order valence-electron chi connectivity index (χ0n) is 22.3. The van der Waals surface area contributed by atoms with E-state index in [0.717, 1.165) is 9.80 Å². The molecule has 0 N–H and O–H groups in total. The second-order valence-corrected chi connectivity index (χ2v) is 13.0. The van der Waals surface area contributed by atoms with Crippen LogP contribution in [0, 0.1) is 0 Å². The van der Waals surface area contributed by atoms with Gasteiger partial charge < -0.3 is 9.80 Å². The van der Waals surface area contributed by atoms with Crippen LogP contribution < -0.4 is 0 Å². The van der Waals surface area contributed by atoms with Crippen LogP contribution in [0.2, 0.25) is 0 Å². The van der Waals surface area contributed by atoms with Gasteiger partial charge >= 0.3 is 31.1 Å². The molecule has 2 amide bonds.